The van der Waals surface area contributed by atoms with Gasteiger partial charge in [-0.25, -0.2) is 4.98 Å². The van der Waals surface area contributed by atoms with Crippen LogP contribution in [0.1, 0.15) is 43.2 Å². The van der Waals surface area contributed by atoms with Gasteiger partial charge in [0.1, 0.15) is 0 Å². The molecule has 3 heteroatoms. The van der Waals surface area contributed by atoms with Gasteiger partial charge in [0.2, 0.25) is 5.95 Å². The van der Waals surface area contributed by atoms with Crippen molar-refractivity contribution in [2.45, 2.75) is 58.0 Å². The summed E-state index contributed by atoms with van der Waals surface area (Å²) in [5, 5.41) is 3.63. The molecular formula is C18H25N3. The van der Waals surface area contributed by atoms with Gasteiger partial charge in [-0.2, -0.15) is 0 Å². The maximum Gasteiger partial charge on any atom is 0.202 e. The predicted molar refractivity (Wildman–Crippen MR) is 87.6 cm³/mol. The molecule has 112 valence electrons. The van der Waals surface area contributed by atoms with Gasteiger partial charge >= 0.3 is 0 Å². The van der Waals surface area contributed by atoms with Crippen molar-refractivity contribution in [3.8, 4) is 0 Å². The Hall–Kier alpha value is -1.77. The molecule has 1 N–H and O–H groups in total. The number of hydrogen-bond donors (Lipinski definition) is 1. The largest absolute Gasteiger partial charge is 0.353 e. The minimum Gasteiger partial charge on any atom is -0.353 e. The standard InChI is InChI=1S/C18H25N3/c1-15-6-5-7-16(14-15)10-12-21-13-11-19-18(21)20-17-8-3-2-4-9-17/h5-7,11,13-14,17H,2-4,8-10,12H2,1H3,(H,19,20). The Morgan fingerprint density at radius 2 is 2.10 bits per heavy atom. The summed E-state index contributed by atoms with van der Waals surface area (Å²) >= 11 is 0. The first kappa shape index (κ1) is 14.2. The van der Waals surface area contributed by atoms with Crippen molar-refractivity contribution in [1.82, 2.24) is 9.55 Å². The highest BCUT2D eigenvalue weighted by Crippen LogP contribution is 2.21. The van der Waals surface area contributed by atoms with E-state index in [9.17, 15) is 0 Å². The van der Waals surface area contributed by atoms with Gasteiger partial charge in [0.25, 0.3) is 0 Å². The van der Waals surface area contributed by atoms with E-state index in [-0.39, 0.29) is 0 Å². The van der Waals surface area contributed by atoms with Crippen LogP contribution in [-0.4, -0.2) is 15.6 Å². The van der Waals surface area contributed by atoms with E-state index in [0.29, 0.717) is 6.04 Å². The maximum absolute atomic E-state index is 4.49. The summed E-state index contributed by atoms with van der Waals surface area (Å²) in [6, 6.07) is 9.37. The van der Waals surface area contributed by atoms with Crippen molar-refractivity contribution in [2.75, 3.05) is 5.32 Å². The fourth-order valence-electron chi connectivity index (χ4n) is 3.18. The molecule has 0 aliphatic heterocycles. The van der Waals surface area contributed by atoms with E-state index in [1.807, 2.05) is 6.20 Å². The van der Waals surface area contributed by atoms with Gasteiger partial charge in [0.05, 0.1) is 0 Å². The maximum atomic E-state index is 4.49. The first-order chi connectivity index (χ1) is 10.3. The van der Waals surface area contributed by atoms with E-state index in [1.54, 1.807) is 0 Å². The van der Waals surface area contributed by atoms with Gasteiger partial charge in [-0.1, -0.05) is 49.1 Å². The molecule has 1 saturated carbocycles. The normalized spacial score (nSPS) is 16.0. The zero-order valence-corrected chi connectivity index (χ0v) is 12.9. The second-order valence-corrected chi connectivity index (χ2v) is 6.16. The number of hydrogen-bond acceptors (Lipinski definition) is 2. The second kappa shape index (κ2) is 6.79. The Balaban J connectivity index is 1.59. The third-order valence-corrected chi connectivity index (χ3v) is 4.38. The molecule has 1 aliphatic carbocycles. The van der Waals surface area contributed by atoms with Crippen LogP contribution in [0, 0.1) is 6.92 Å². The number of nitrogens with one attached hydrogen (secondary N) is 1. The lowest BCUT2D eigenvalue weighted by atomic mass is 9.96. The van der Waals surface area contributed by atoms with Crippen LogP contribution in [-0.2, 0) is 13.0 Å². The molecular weight excluding hydrogens is 258 g/mol. The van der Waals surface area contributed by atoms with Gasteiger partial charge in [0.15, 0.2) is 0 Å². The Morgan fingerprint density at radius 1 is 1.24 bits per heavy atom. The summed E-state index contributed by atoms with van der Waals surface area (Å²) in [5.41, 5.74) is 2.73. The van der Waals surface area contributed by atoms with Crippen LogP contribution in [0.15, 0.2) is 36.7 Å². The molecule has 0 unspecified atom stereocenters. The average Bonchev–Trinajstić information content (AvgIpc) is 2.93. The molecule has 1 fully saturated rings. The van der Waals surface area contributed by atoms with Crippen LogP contribution in [0.25, 0.3) is 0 Å². The van der Waals surface area contributed by atoms with Gasteiger partial charge in [-0.15, -0.1) is 0 Å². The minimum atomic E-state index is 0.610. The van der Waals surface area contributed by atoms with Gasteiger partial charge in [0, 0.05) is 25.0 Å². The lowest BCUT2D eigenvalue weighted by Crippen LogP contribution is -2.24. The third kappa shape index (κ3) is 3.87. The highest BCUT2D eigenvalue weighted by Gasteiger charge is 2.15. The van der Waals surface area contributed by atoms with Crippen LogP contribution in [0.5, 0.6) is 0 Å². The van der Waals surface area contributed by atoms with E-state index in [0.717, 1.165) is 18.9 Å². The van der Waals surface area contributed by atoms with Crippen molar-refractivity contribution in [1.29, 1.82) is 0 Å². The highest BCUT2D eigenvalue weighted by atomic mass is 15.2. The number of benzene rings is 1. The van der Waals surface area contributed by atoms with Crippen molar-refractivity contribution in [3.63, 3.8) is 0 Å². The summed E-state index contributed by atoms with van der Waals surface area (Å²) in [7, 11) is 0. The quantitative estimate of drug-likeness (QED) is 0.892. The molecule has 0 saturated heterocycles. The smallest absolute Gasteiger partial charge is 0.202 e. The molecule has 1 aliphatic rings. The third-order valence-electron chi connectivity index (χ3n) is 4.38. The molecule has 0 atom stereocenters. The van der Waals surface area contributed by atoms with Crippen molar-refractivity contribution < 1.29 is 0 Å². The van der Waals surface area contributed by atoms with Gasteiger partial charge < -0.3 is 9.88 Å². The molecule has 1 heterocycles. The number of nitrogens with zero attached hydrogens (tertiary/aromatic N) is 2. The highest BCUT2D eigenvalue weighted by molar-refractivity contribution is 5.28. The van der Waals surface area contributed by atoms with E-state index in [1.165, 1.54) is 43.2 Å². The number of anilines is 1. The van der Waals surface area contributed by atoms with Crippen molar-refractivity contribution >= 4 is 5.95 Å². The Morgan fingerprint density at radius 3 is 2.90 bits per heavy atom. The molecule has 0 spiro atoms. The molecule has 2 aromatic rings. The fourth-order valence-corrected chi connectivity index (χ4v) is 3.18. The minimum absolute atomic E-state index is 0.610. The lowest BCUT2D eigenvalue weighted by molar-refractivity contribution is 0.459. The van der Waals surface area contributed by atoms with Crippen molar-refractivity contribution in [2.24, 2.45) is 0 Å². The Labute approximate surface area is 127 Å². The molecule has 0 radical (unpaired) electrons. The molecule has 3 nitrogen and oxygen atoms in total. The topological polar surface area (TPSA) is 29.9 Å². The number of imidazole rings is 1. The Bertz CT molecular complexity index is 567. The predicted octanol–water partition coefficient (Wildman–Crippen LogP) is 4.18. The summed E-state index contributed by atoms with van der Waals surface area (Å²) in [4.78, 5) is 4.49. The summed E-state index contributed by atoms with van der Waals surface area (Å²) in [6.45, 7) is 3.13. The molecule has 1 aromatic heterocycles. The number of rotatable bonds is 5. The number of aromatic nitrogens is 2. The molecule has 0 amide bonds. The monoisotopic (exact) mass is 283 g/mol. The summed E-state index contributed by atoms with van der Waals surface area (Å²) in [6.07, 6.45) is 11.7. The van der Waals surface area contributed by atoms with E-state index in [4.69, 9.17) is 0 Å². The van der Waals surface area contributed by atoms with Crippen molar-refractivity contribution in [3.05, 3.63) is 47.8 Å². The van der Waals surface area contributed by atoms with Gasteiger partial charge in [-0.05, 0) is 31.7 Å². The first-order valence-electron chi connectivity index (χ1n) is 8.14. The van der Waals surface area contributed by atoms with Crippen LogP contribution >= 0.6 is 0 Å². The second-order valence-electron chi connectivity index (χ2n) is 6.16. The van der Waals surface area contributed by atoms with Crippen LogP contribution in [0.3, 0.4) is 0 Å². The van der Waals surface area contributed by atoms with Crippen LogP contribution in [0.2, 0.25) is 0 Å². The van der Waals surface area contributed by atoms with Crippen LogP contribution in [0.4, 0.5) is 5.95 Å². The zero-order chi connectivity index (χ0) is 14.5. The average molecular weight is 283 g/mol. The fraction of sp³-hybridized carbons (Fsp3) is 0.500. The first-order valence-corrected chi connectivity index (χ1v) is 8.14. The zero-order valence-electron chi connectivity index (χ0n) is 12.9. The van der Waals surface area contributed by atoms with Crippen LogP contribution < -0.4 is 5.32 Å². The molecule has 3 rings (SSSR count). The molecule has 1 aromatic carbocycles. The summed E-state index contributed by atoms with van der Waals surface area (Å²) < 4.78 is 2.25. The summed E-state index contributed by atoms with van der Waals surface area (Å²) in [5.74, 6) is 1.04. The van der Waals surface area contributed by atoms with E-state index < -0.39 is 0 Å². The Kier molecular flexibility index (Phi) is 4.59. The molecule has 21 heavy (non-hydrogen) atoms. The van der Waals surface area contributed by atoms with E-state index in [2.05, 4.69) is 52.3 Å². The lowest BCUT2D eigenvalue weighted by Gasteiger charge is -2.23. The van der Waals surface area contributed by atoms with Gasteiger partial charge in [-0.3, -0.25) is 0 Å². The molecule has 0 bridgehead atoms. The SMILES string of the molecule is Cc1cccc(CCn2ccnc2NC2CCCCC2)c1. The number of aryl methyl sites for hydroxylation is 3. The van der Waals surface area contributed by atoms with E-state index >= 15 is 0 Å².